The van der Waals surface area contributed by atoms with Crippen molar-refractivity contribution < 1.29 is 14.3 Å². The molecule has 0 amide bonds. The lowest BCUT2D eigenvalue weighted by Crippen LogP contribution is -2.35. The number of aldehydes is 1. The van der Waals surface area contributed by atoms with Gasteiger partial charge in [0.05, 0.1) is 34.4 Å². The Balaban J connectivity index is 1.62. The van der Waals surface area contributed by atoms with Gasteiger partial charge in [-0.15, -0.1) is 0 Å². The van der Waals surface area contributed by atoms with E-state index >= 15 is 0 Å². The monoisotopic (exact) mass is 547 g/mol. The van der Waals surface area contributed by atoms with E-state index in [1.54, 1.807) is 52.0 Å². The Kier molecular flexibility index (Phi) is 6.07. The van der Waals surface area contributed by atoms with E-state index in [0.717, 1.165) is 33.8 Å². The minimum atomic E-state index is -0.647. The van der Waals surface area contributed by atoms with Crippen LogP contribution in [0.25, 0.3) is 49.7 Å². The highest BCUT2D eigenvalue weighted by Crippen LogP contribution is 2.38. The van der Waals surface area contributed by atoms with Crippen LogP contribution in [0.4, 0.5) is 0 Å². The summed E-state index contributed by atoms with van der Waals surface area (Å²) in [6.07, 6.45) is 0.215. The van der Waals surface area contributed by atoms with Gasteiger partial charge in [0, 0.05) is 22.0 Å². The van der Waals surface area contributed by atoms with E-state index in [1.165, 1.54) is 0 Å². The molecule has 8 nitrogen and oxygen atoms in total. The number of benzene rings is 3. The van der Waals surface area contributed by atoms with Gasteiger partial charge in [-0.05, 0) is 87.4 Å². The maximum absolute atomic E-state index is 12.6. The molecule has 6 rings (SSSR count). The molecule has 0 saturated heterocycles. The second-order valence-corrected chi connectivity index (χ2v) is 10.6. The number of nitrogens with zero attached hydrogens (tertiary/aromatic N) is 1. The maximum Gasteiger partial charge on any atom is 0.268 e. The lowest BCUT2D eigenvalue weighted by molar-refractivity contribution is 0.112. The molecule has 0 aliphatic heterocycles. The summed E-state index contributed by atoms with van der Waals surface area (Å²) in [5.41, 5.74) is 1.97. The summed E-state index contributed by atoms with van der Waals surface area (Å²) in [5, 5.41) is 1.51. The van der Waals surface area contributed by atoms with Crippen molar-refractivity contribution in [2.75, 3.05) is 0 Å². The molecule has 0 fully saturated rings. The number of ether oxygens (including phenoxy) is 2. The van der Waals surface area contributed by atoms with Crippen LogP contribution in [0.5, 0.6) is 11.5 Å². The van der Waals surface area contributed by atoms with Crippen LogP contribution in [0.15, 0.2) is 79.8 Å². The maximum atomic E-state index is 12.6. The molecule has 0 saturated carbocycles. The van der Waals surface area contributed by atoms with Crippen molar-refractivity contribution in [2.45, 2.75) is 39.9 Å². The number of carbonyl (C=O) groups excluding carboxylic acids is 1. The van der Waals surface area contributed by atoms with E-state index in [-0.39, 0.29) is 34.8 Å². The van der Waals surface area contributed by atoms with Gasteiger partial charge in [-0.25, -0.2) is 0 Å². The molecule has 204 valence electrons. The van der Waals surface area contributed by atoms with Gasteiger partial charge in [0.15, 0.2) is 11.5 Å². The number of fused-ring (bicyclic) bond motifs is 3. The van der Waals surface area contributed by atoms with Crippen molar-refractivity contribution in [1.29, 1.82) is 0 Å². The molecular formula is C33H25NO7. The smallest absolute Gasteiger partial charge is 0.268 e. The molecule has 0 unspecified atom stereocenters. The van der Waals surface area contributed by atoms with Gasteiger partial charge < -0.3 is 14.0 Å². The highest BCUT2D eigenvalue weighted by atomic mass is 16.5. The van der Waals surface area contributed by atoms with E-state index in [0.29, 0.717) is 16.7 Å². The fourth-order valence-corrected chi connectivity index (χ4v) is 5.28. The Morgan fingerprint density at radius 2 is 1.05 bits per heavy atom. The van der Waals surface area contributed by atoms with Crippen molar-refractivity contribution in [3.8, 4) is 39.4 Å². The molecule has 0 N–H and O–H groups in total. The zero-order valence-electron chi connectivity index (χ0n) is 22.8. The number of aromatic nitrogens is 1. The molecule has 41 heavy (non-hydrogen) atoms. The first-order valence-corrected chi connectivity index (χ1v) is 13.2. The van der Waals surface area contributed by atoms with Crippen molar-refractivity contribution in [1.82, 2.24) is 4.57 Å². The van der Waals surface area contributed by atoms with Gasteiger partial charge in [-0.1, -0.05) is 12.1 Å². The summed E-state index contributed by atoms with van der Waals surface area (Å²) in [7, 11) is 0. The van der Waals surface area contributed by atoms with Crippen molar-refractivity contribution in [3.63, 3.8) is 0 Å². The Labute approximate surface area is 233 Å². The first kappa shape index (κ1) is 26.1. The third-order valence-electron chi connectivity index (χ3n) is 7.07. The molecule has 1 heterocycles. The van der Waals surface area contributed by atoms with Gasteiger partial charge in [0.25, 0.3) is 10.9 Å². The van der Waals surface area contributed by atoms with Crippen LogP contribution in [-0.4, -0.2) is 23.1 Å². The summed E-state index contributed by atoms with van der Waals surface area (Å²) in [6, 6.07) is 18.0. The average Bonchev–Trinajstić information content (AvgIpc) is 3.29. The van der Waals surface area contributed by atoms with Crippen LogP contribution in [0.3, 0.4) is 0 Å². The molecule has 1 aromatic heterocycles. The van der Waals surface area contributed by atoms with Crippen molar-refractivity contribution in [3.05, 3.63) is 107 Å². The molecule has 5 aromatic carbocycles. The molecular weight excluding hydrogens is 522 g/mol. The van der Waals surface area contributed by atoms with E-state index < -0.39 is 21.7 Å². The van der Waals surface area contributed by atoms with E-state index in [1.807, 2.05) is 41.0 Å². The third kappa shape index (κ3) is 4.02. The Morgan fingerprint density at radius 3 is 1.44 bits per heavy atom. The Bertz CT molecular complexity index is 2020. The molecule has 0 aliphatic carbocycles. The molecule has 6 aromatic rings. The number of hydrogen-bond acceptors (Lipinski definition) is 7. The minimum absolute atomic E-state index is 0.0532. The molecule has 0 atom stereocenters. The number of carbonyl (C=O) groups is 1. The van der Waals surface area contributed by atoms with Crippen LogP contribution in [0, 0.1) is 0 Å². The summed E-state index contributed by atoms with van der Waals surface area (Å²) in [4.78, 5) is 61.0. The van der Waals surface area contributed by atoms with Crippen molar-refractivity contribution in [2.24, 2.45) is 0 Å². The first-order valence-electron chi connectivity index (χ1n) is 13.2. The second kappa shape index (κ2) is 9.52. The van der Waals surface area contributed by atoms with Gasteiger partial charge in [0.1, 0.15) is 6.29 Å². The highest BCUT2D eigenvalue weighted by Gasteiger charge is 2.27. The molecule has 0 spiro atoms. The van der Waals surface area contributed by atoms with Gasteiger partial charge in [-0.3, -0.25) is 24.0 Å². The lowest BCUT2D eigenvalue weighted by Gasteiger charge is -2.15. The van der Waals surface area contributed by atoms with Crippen LogP contribution in [0.1, 0.15) is 38.1 Å². The van der Waals surface area contributed by atoms with E-state index in [9.17, 15) is 24.0 Å². The van der Waals surface area contributed by atoms with Crippen molar-refractivity contribution >= 4 is 28.1 Å². The summed E-state index contributed by atoms with van der Waals surface area (Å²) >= 11 is 0. The number of rotatable bonds is 8. The van der Waals surface area contributed by atoms with Crippen LogP contribution in [-0.2, 0) is 0 Å². The summed E-state index contributed by atoms with van der Waals surface area (Å²) in [6.45, 7) is 7.14. The molecule has 0 radical (unpaired) electrons. The fourth-order valence-electron chi connectivity index (χ4n) is 5.28. The predicted octanol–water partition coefficient (Wildman–Crippen LogP) is 4.70. The topological polar surface area (TPSA) is 109 Å². The molecule has 0 aliphatic rings. The number of hydrogen-bond donors (Lipinski definition) is 0. The molecule has 8 heteroatoms. The van der Waals surface area contributed by atoms with Gasteiger partial charge >= 0.3 is 0 Å². The molecule has 0 bridgehead atoms. The fraction of sp³-hybridized carbons (Fsp3) is 0.182. The van der Waals surface area contributed by atoms with Crippen LogP contribution in [0.2, 0.25) is 0 Å². The Hall–Kier alpha value is -5.11. The van der Waals surface area contributed by atoms with Gasteiger partial charge in [-0.2, -0.15) is 0 Å². The second-order valence-electron chi connectivity index (χ2n) is 10.6. The third-order valence-corrected chi connectivity index (χ3v) is 7.07. The quantitative estimate of drug-likeness (QED) is 0.201. The standard InChI is InChI=1S/C33H25NO7/c1-16(2)40-32-26(28(36)30(32)38)19-7-11-24-22(13-19)23-14-20(27-29(37)31(39)33(27)41-17(3)4)8-12-25(23)34(24)21-9-5-18(15-35)6-10-21/h5-17H,1-4H3. The normalized spacial score (nSPS) is 11.9. The first-order chi connectivity index (χ1) is 19.6. The van der Waals surface area contributed by atoms with E-state index in [2.05, 4.69) is 0 Å². The summed E-state index contributed by atoms with van der Waals surface area (Å²) in [5.74, 6) is 0.106. The minimum Gasteiger partial charge on any atom is -0.486 e. The highest BCUT2D eigenvalue weighted by molar-refractivity contribution is 6.12. The SMILES string of the molecule is CC(C)Oc1c(-c2ccc3c(c2)c2cc(-c4c(OC(C)C)c(=O)c4=O)ccc2n3-c2ccc(C=O)cc2)c(=O)c1=O. The van der Waals surface area contributed by atoms with Gasteiger partial charge in [0.2, 0.25) is 10.9 Å². The largest absolute Gasteiger partial charge is 0.486 e. The average molecular weight is 548 g/mol. The lowest BCUT2D eigenvalue weighted by atomic mass is 9.96. The zero-order valence-corrected chi connectivity index (χ0v) is 22.8. The predicted molar refractivity (Wildman–Crippen MR) is 158 cm³/mol. The van der Waals surface area contributed by atoms with Crippen LogP contribution < -0.4 is 31.2 Å². The zero-order chi connectivity index (χ0) is 29.2. The summed E-state index contributed by atoms with van der Waals surface area (Å²) < 4.78 is 13.3. The van der Waals surface area contributed by atoms with Crippen LogP contribution >= 0.6 is 0 Å². The van der Waals surface area contributed by atoms with E-state index in [4.69, 9.17) is 9.47 Å². The Morgan fingerprint density at radius 1 is 0.610 bits per heavy atom.